The number of thiazole rings is 1. The van der Waals surface area contributed by atoms with Crippen molar-refractivity contribution in [3.05, 3.63) is 53.4 Å². The summed E-state index contributed by atoms with van der Waals surface area (Å²) in [5.74, 6) is 0.836. The minimum Gasteiger partial charge on any atom is -0.497 e. The molecule has 0 aliphatic rings. The maximum absolute atomic E-state index is 12.2. The van der Waals surface area contributed by atoms with Gasteiger partial charge in [0.1, 0.15) is 11.5 Å². The number of benzene rings is 1. The number of nitrogens with zero attached hydrogens (tertiary/aromatic N) is 1. The molecule has 146 valence electrons. The third-order valence-corrected chi connectivity index (χ3v) is 4.61. The average molecular weight is 401 g/mol. The van der Waals surface area contributed by atoms with Crippen molar-refractivity contribution < 1.29 is 23.5 Å². The van der Waals surface area contributed by atoms with Gasteiger partial charge < -0.3 is 19.2 Å². The first-order chi connectivity index (χ1) is 13.6. The zero-order valence-corrected chi connectivity index (χ0v) is 16.2. The number of methoxy groups -OCH3 is 2. The fourth-order valence-electron chi connectivity index (χ4n) is 2.40. The SMILES string of the molecule is COc1ccc(NC(=O)CCc2csc(NC(=O)c3ccco3)n2)c(OC)c1. The summed E-state index contributed by atoms with van der Waals surface area (Å²) in [5, 5.41) is 7.74. The Hall–Kier alpha value is -3.33. The lowest BCUT2D eigenvalue weighted by molar-refractivity contribution is -0.116. The Bertz CT molecular complexity index is 952. The molecule has 1 aromatic carbocycles. The summed E-state index contributed by atoms with van der Waals surface area (Å²) in [6.07, 6.45) is 2.11. The van der Waals surface area contributed by atoms with Crippen LogP contribution in [0.2, 0.25) is 0 Å². The summed E-state index contributed by atoms with van der Waals surface area (Å²) in [6.45, 7) is 0. The van der Waals surface area contributed by atoms with Gasteiger partial charge >= 0.3 is 0 Å². The Morgan fingerprint density at radius 3 is 2.75 bits per heavy atom. The molecule has 2 heterocycles. The highest BCUT2D eigenvalue weighted by atomic mass is 32.1. The number of aromatic nitrogens is 1. The molecule has 28 heavy (non-hydrogen) atoms. The van der Waals surface area contributed by atoms with Crippen molar-refractivity contribution in [2.24, 2.45) is 0 Å². The van der Waals surface area contributed by atoms with Crippen LogP contribution in [-0.4, -0.2) is 31.0 Å². The molecule has 0 saturated heterocycles. The van der Waals surface area contributed by atoms with E-state index in [2.05, 4.69) is 15.6 Å². The van der Waals surface area contributed by atoms with Gasteiger partial charge in [0, 0.05) is 17.9 Å². The predicted molar refractivity (Wildman–Crippen MR) is 105 cm³/mol. The highest BCUT2D eigenvalue weighted by Crippen LogP contribution is 2.29. The van der Waals surface area contributed by atoms with Gasteiger partial charge in [-0.25, -0.2) is 4.98 Å². The highest BCUT2D eigenvalue weighted by molar-refractivity contribution is 7.13. The maximum Gasteiger partial charge on any atom is 0.293 e. The molecule has 2 amide bonds. The molecule has 0 bridgehead atoms. The molecule has 0 saturated carbocycles. The van der Waals surface area contributed by atoms with Gasteiger partial charge in [-0.1, -0.05) is 0 Å². The van der Waals surface area contributed by atoms with E-state index < -0.39 is 0 Å². The molecule has 0 unspecified atom stereocenters. The summed E-state index contributed by atoms with van der Waals surface area (Å²) in [7, 11) is 3.09. The van der Waals surface area contributed by atoms with E-state index in [1.807, 2.05) is 0 Å². The monoisotopic (exact) mass is 401 g/mol. The van der Waals surface area contributed by atoms with Gasteiger partial charge in [0.05, 0.1) is 31.9 Å². The average Bonchev–Trinajstić information content (AvgIpc) is 3.39. The molecule has 8 nitrogen and oxygen atoms in total. The second kappa shape index (κ2) is 9.05. The lowest BCUT2D eigenvalue weighted by atomic mass is 10.2. The number of amides is 2. The van der Waals surface area contributed by atoms with Crippen LogP contribution in [-0.2, 0) is 11.2 Å². The van der Waals surface area contributed by atoms with E-state index >= 15 is 0 Å². The van der Waals surface area contributed by atoms with Crippen LogP contribution in [0.15, 0.2) is 46.4 Å². The van der Waals surface area contributed by atoms with Gasteiger partial charge in [-0.15, -0.1) is 11.3 Å². The molecule has 0 aliphatic carbocycles. The second-order valence-corrected chi connectivity index (χ2v) is 6.55. The van der Waals surface area contributed by atoms with E-state index in [1.165, 1.54) is 24.7 Å². The quantitative estimate of drug-likeness (QED) is 0.598. The van der Waals surface area contributed by atoms with Crippen LogP contribution in [0, 0.1) is 0 Å². The number of rotatable bonds is 8. The first-order valence-electron chi connectivity index (χ1n) is 8.40. The van der Waals surface area contributed by atoms with Gasteiger partial charge in [-0.2, -0.15) is 0 Å². The molecule has 0 radical (unpaired) electrons. The molecule has 2 aromatic heterocycles. The summed E-state index contributed by atoms with van der Waals surface area (Å²) in [5.41, 5.74) is 1.29. The number of carbonyl (C=O) groups excluding carboxylic acids is 2. The van der Waals surface area contributed by atoms with E-state index in [0.717, 1.165) is 5.69 Å². The first kappa shape index (κ1) is 19.4. The van der Waals surface area contributed by atoms with E-state index in [0.29, 0.717) is 28.7 Å². The lowest BCUT2D eigenvalue weighted by Gasteiger charge is -2.11. The Morgan fingerprint density at radius 1 is 1.18 bits per heavy atom. The predicted octanol–water partition coefficient (Wildman–Crippen LogP) is 3.58. The van der Waals surface area contributed by atoms with Crippen molar-refractivity contribution in [3.63, 3.8) is 0 Å². The van der Waals surface area contributed by atoms with Crippen molar-refractivity contribution in [1.82, 2.24) is 4.98 Å². The van der Waals surface area contributed by atoms with Crippen LogP contribution in [0.25, 0.3) is 0 Å². The molecule has 3 aromatic rings. The van der Waals surface area contributed by atoms with Gasteiger partial charge in [-0.05, 0) is 30.7 Å². The van der Waals surface area contributed by atoms with Crippen molar-refractivity contribution >= 4 is 34.0 Å². The van der Waals surface area contributed by atoms with Gasteiger partial charge in [0.25, 0.3) is 5.91 Å². The summed E-state index contributed by atoms with van der Waals surface area (Å²) in [4.78, 5) is 28.5. The molecule has 0 aliphatic heterocycles. The van der Waals surface area contributed by atoms with Crippen molar-refractivity contribution in [2.45, 2.75) is 12.8 Å². The fraction of sp³-hybridized carbons (Fsp3) is 0.211. The van der Waals surface area contributed by atoms with Crippen molar-refractivity contribution in [3.8, 4) is 11.5 Å². The van der Waals surface area contributed by atoms with Crippen LogP contribution < -0.4 is 20.1 Å². The maximum atomic E-state index is 12.2. The summed E-state index contributed by atoms with van der Waals surface area (Å²) >= 11 is 1.29. The zero-order valence-electron chi connectivity index (χ0n) is 15.4. The molecule has 0 fully saturated rings. The molecular weight excluding hydrogens is 382 g/mol. The number of ether oxygens (including phenoxy) is 2. The Kier molecular flexibility index (Phi) is 6.28. The molecule has 9 heteroatoms. The number of furan rings is 1. The largest absolute Gasteiger partial charge is 0.497 e. The van der Waals surface area contributed by atoms with Crippen LogP contribution in [0.1, 0.15) is 22.7 Å². The number of aryl methyl sites for hydroxylation is 1. The van der Waals surface area contributed by atoms with Crippen LogP contribution in [0.3, 0.4) is 0 Å². The fourth-order valence-corrected chi connectivity index (χ4v) is 3.14. The zero-order chi connectivity index (χ0) is 19.9. The third kappa shape index (κ3) is 4.89. The van der Waals surface area contributed by atoms with Crippen LogP contribution >= 0.6 is 11.3 Å². The van der Waals surface area contributed by atoms with E-state index in [-0.39, 0.29) is 24.0 Å². The summed E-state index contributed by atoms with van der Waals surface area (Å²) < 4.78 is 15.4. The van der Waals surface area contributed by atoms with Gasteiger partial charge in [-0.3, -0.25) is 14.9 Å². The minimum absolute atomic E-state index is 0.169. The van der Waals surface area contributed by atoms with Crippen molar-refractivity contribution in [2.75, 3.05) is 24.9 Å². The van der Waals surface area contributed by atoms with E-state index in [4.69, 9.17) is 13.9 Å². The Morgan fingerprint density at radius 2 is 2.04 bits per heavy atom. The Labute approximate surface area is 165 Å². The number of nitrogens with one attached hydrogen (secondary N) is 2. The van der Waals surface area contributed by atoms with E-state index in [9.17, 15) is 9.59 Å². The topological polar surface area (TPSA) is 103 Å². The lowest BCUT2D eigenvalue weighted by Crippen LogP contribution is -2.13. The van der Waals surface area contributed by atoms with E-state index in [1.54, 1.807) is 42.8 Å². The van der Waals surface area contributed by atoms with Gasteiger partial charge in [0.15, 0.2) is 10.9 Å². The Balaban J connectivity index is 1.52. The number of hydrogen-bond donors (Lipinski definition) is 2. The summed E-state index contributed by atoms with van der Waals surface area (Å²) in [6, 6.07) is 8.37. The number of anilines is 2. The molecule has 2 N–H and O–H groups in total. The number of carbonyl (C=O) groups is 2. The van der Waals surface area contributed by atoms with Gasteiger partial charge in [0.2, 0.25) is 5.91 Å². The van der Waals surface area contributed by atoms with Crippen molar-refractivity contribution in [1.29, 1.82) is 0 Å². The van der Waals surface area contributed by atoms with Crippen LogP contribution in [0.4, 0.5) is 10.8 Å². The first-order valence-corrected chi connectivity index (χ1v) is 9.28. The minimum atomic E-state index is -0.366. The molecule has 0 atom stereocenters. The standard InChI is InChI=1S/C19H19N3O5S/c1-25-13-6-7-14(16(10-13)26-2)21-17(23)8-5-12-11-28-19(20-12)22-18(24)15-4-3-9-27-15/h3-4,6-7,9-11H,5,8H2,1-2H3,(H,21,23)(H,20,22,24). The normalized spacial score (nSPS) is 10.4. The molecule has 3 rings (SSSR count). The van der Waals surface area contributed by atoms with Crippen LogP contribution in [0.5, 0.6) is 11.5 Å². The molecular formula is C19H19N3O5S. The smallest absolute Gasteiger partial charge is 0.293 e. The number of hydrogen-bond acceptors (Lipinski definition) is 7. The molecule has 0 spiro atoms. The third-order valence-electron chi connectivity index (χ3n) is 3.81. The highest BCUT2D eigenvalue weighted by Gasteiger charge is 2.13. The second-order valence-electron chi connectivity index (χ2n) is 5.69.